The molecule has 0 amide bonds. The maximum atomic E-state index is 4.92. The van der Waals surface area contributed by atoms with E-state index in [9.17, 15) is 0 Å². The zero-order valence-electron chi connectivity index (χ0n) is 9.27. The first-order chi connectivity index (χ1) is 7.27. The van der Waals surface area contributed by atoms with Crippen LogP contribution >= 0.6 is 0 Å². The molecule has 1 fully saturated rings. The minimum atomic E-state index is 0.664. The Hall–Kier alpha value is -1.06. The highest BCUT2D eigenvalue weighted by molar-refractivity contribution is 5.33. The molecule has 3 heteroatoms. The molecule has 0 radical (unpaired) electrons. The Morgan fingerprint density at radius 2 is 2.00 bits per heavy atom. The lowest BCUT2D eigenvalue weighted by atomic mass is 10.1. The van der Waals surface area contributed by atoms with Gasteiger partial charge in [0, 0.05) is 24.6 Å². The molecule has 0 N–H and O–H groups in total. The van der Waals surface area contributed by atoms with Gasteiger partial charge in [-0.1, -0.05) is 18.2 Å². The molecule has 1 aromatic rings. The van der Waals surface area contributed by atoms with Crippen LogP contribution in [-0.2, 0) is 11.3 Å². The van der Waals surface area contributed by atoms with Gasteiger partial charge in [0.15, 0.2) is 5.75 Å². The summed E-state index contributed by atoms with van der Waals surface area (Å²) < 4.78 is 0. The number of hydrogen-bond acceptors (Lipinski definition) is 3. The summed E-state index contributed by atoms with van der Waals surface area (Å²) in [5, 5.41) is 0. The van der Waals surface area contributed by atoms with Crippen molar-refractivity contribution in [3.63, 3.8) is 0 Å². The Morgan fingerprint density at radius 3 is 2.60 bits per heavy atom. The Balaban J connectivity index is 0.000000144. The topological polar surface area (TPSA) is 21.5 Å². The minimum absolute atomic E-state index is 0.664. The van der Waals surface area contributed by atoms with Crippen molar-refractivity contribution >= 4 is 0 Å². The van der Waals surface area contributed by atoms with E-state index in [2.05, 4.69) is 24.9 Å². The third kappa shape index (κ3) is 2.94. The van der Waals surface area contributed by atoms with Gasteiger partial charge >= 0.3 is 0 Å². The summed E-state index contributed by atoms with van der Waals surface area (Å²) >= 11 is 0. The number of para-hydroxylation sites is 1. The molecule has 3 nitrogen and oxygen atoms in total. The fraction of sp³-hybridized carbons (Fsp3) is 0.500. The summed E-state index contributed by atoms with van der Waals surface area (Å²) in [5.74, 6) is 0.855. The van der Waals surface area contributed by atoms with Gasteiger partial charge in [0.2, 0.25) is 0 Å². The molecule has 3 rings (SSSR count). The highest BCUT2D eigenvalue weighted by Crippen LogP contribution is 2.21. The predicted molar refractivity (Wildman–Crippen MR) is 58.8 cm³/mol. The zero-order chi connectivity index (χ0) is 10.7. The second kappa shape index (κ2) is 4.64. The average Bonchev–Trinajstić information content (AvgIpc) is 2.93. The Labute approximate surface area is 90.5 Å². The first-order valence-electron chi connectivity index (χ1n) is 5.35. The molecule has 1 aromatic carbocycles. The van der Waals surface area contributed by atoms with Crippen molar-refractivity contribution in [3.8, 4) is 5.75 Å². The third-order valence-electron chi connectivity index (χ3n) is 2.75. The fourth-order valence-electron chi connectivity index (χ4n) is 1.42. The van der Waals surface area contributed by atoms with Crippen LogP contribution in [0.4, 0.5) is 0 Å². The molecular formula is C12H17NO2. The van der Waals surface area contributed by atoms with E-state index in [0.29, 0.717) is 6.61 Å². The Kier molecular flexibility index (Phi) is 3.23. The van der Waals surface area contributed by atoms with E-state index in [-0.39, 0.29) is 0 Å². The van der Waals surface area contributed by atoms with Crippen LogP contribution in [0.15, 0.2) is 24.3 Å². The second-order valence-electron chi connectivity index (χ2n) is 4.05. The zero-order valence-corrected chi connectivity index (χ0v) is 9.27. The lowest BCUT2D eigenvalue weighted by Gasteiger charge is -2.14. The molecule has 2 heterocycles. The van der Waals surface area contributed by atoms with Crippen molar-refractivity contribution in [2.24, 2.45) is 0 Å². The molecular weight excluding hydrogens is 190 g/mol. The van der Waals surface area contributed by atoms with Crippen molar-refractivity contribution < 1.29 is 9.78 Å². The number of hydrogen-bond donors (Lipinski definition) is 0. The average molecular weight is 207 g/mol. The first-order valence-corrected chi connectivity index (χ1v) is 5.35. The number of fused-ring (bicyclic) bond motifs is 1. The summed E-state index contributed by atoms with van der Waals surface area (Å²) in [6, 6.07) is 8.79. The van der Waals surface area contributed by atoms with Gasteiger partial charge in [0.05, 0.1) is 6.61 Å². The Bertz CT molecular complexity index is 296. The van der Waals surface area contributed by atoms with E-state index in [4.69, 9.17) is 9.78 Å². The normalized spacial score (nSPS) is 26.8. The van der Waals surface area contributed by atoms with E-state index in [1.807, 2.05) is 18.2 Å². The maximum absolute atomic E-state index is 4.92. The first kappa shape index (κ1) is 10.5. The Morgan fingerprint density at radius 1 is 1.33 bits per heavy atom. The molecule has 2 aliphatic heterocycles. The van der Waals surface area contributed by atoms with Gasteiger partial charge in [-0.2, -0.15) is 4.89 Å². The summed E-state index contributed by atoms with van der Waals surface area (Å²) in [4.78, 5) is 12.0. The van der Waals surface area contributed by atoms with Crippen molar-refractivity contribution in [2.75, 3.05) is 20.2 Å². The summed E-state index contributed by atoms with van der Waals surface area (Å²) in [5.41, 5.74) is 1.23. The van der Waals surface area contributed by atoms with Gasteiger partial charge in [-0.15, -0.1) is 0 Å². The highest BCUT2D eigenvalue weighted by Gasteiger charge is 2.22. The molecule has 2 atom stereocenters. The summed E-state index contributed by atoms with van der Waals surface area (Å²) in [7, 11) is 2.13. The van der Waals surface area contributed by atoms with Gasteiger partial charge < -0.3 is 9.79 Å². The molecule has 1 saturated heterocycles. The van der Waals surface area contributed by atoms with E-state index in [1.54, 1.807) is 0 Å². The van der Waals surface area contributed by atoms with Crippen LogP contribution in [0, 0.1) is 0 Å². The molecule has 0 saturated carbocycles. The van der Waals surface area contributed by atoms with Crippen molar-refractivity contribution in [2.45, 2.75) is 19.4 Å². The smallest absolute Gasteiger partial charge is 0.168 e. The fourth-order valence-corrected chi connectivity index (χ4v) is 1.42. The highest BCUT2D eigenvalue weighted by atomic mass is 17.2. The number of benzene rings is 1. The number of likely N-dealkylation sites (N-methyl/N-ethyl adjacent to an activating group) is 1. The number of nitrogens with zero attached hydrogens (tertiary/aromatic N) is 1. The minimum Gasteiger partial charge on any atom is -0.337 e. The van der Waals surface area contributed by atoms with Crippen LogP contribution in [0.2, 0.25) is 0 Å². The van der Waals surface area contributed by atoms with Gasteiger partial charge in [0.1, 0.15) is 0 Å². The second-order valence-corrected chi connectivity index (χ2v) is 4.05. The molecule has 2 aliphatic rings. The van der Waals surface area contributed by atoms with Gasteiger partial charge in [-0.3, -0.25) is 0 Å². The van der Waals surface area contributed by atoms with Crippen LogP contribution in [0.25, 0.3) is 0 Å². The monoisotopic (exact) mass is 207 g/mol. The molecule has 82 valence electrons. The van der Waals surface area contributed by atoms with Crippen LogP contribution in [-0.4, -0.2) is 31.1 Å². The lowest BCUT2D eigenvalue weighted by molar-refractivity contribution is -0.215. The SMILES string of the molecule is CC1CN1C.c1ccc2c(c1)CCOO2. The molecule has 15 heavy (non-hydrogen) atoms. The van der Waals surface area contributed by atoms with Crippen molar-refractivity contribution in [1.82, 2.24) is 4.90 Å². The van der Waals surface area contributed by atoms with Crippen molar-refractivity contribution in [1.29, 1.82) is 0 Å². The van der Waals surface area contributed by atoms with Crippen LogP contribution in [0.1, 0.15) is 12.5 Å². The van der Waals surface area contributed by atoms with Crippen LogP contribution in [0.3, 0.4) is 0 Å². The molecule has 0 spiro atoms. The van der Waals surface area contributed by atoms with Gasteiger partial charge in [-0.05, 0) is 20.0 Å². The van der Waals surface area contributed by atoms with E-state index in [0.717, 1.165) is 18.2 Å². The molecule has 0 bridgehead atoms. The van der Waals surface area contributed by atoms with Crippen LogP contribution < -0.4 is 4.89 Å². The summed E-state index contributed by atoms with van der Waals surface area (Å²) in [6.07, 6.45) is 0.955. The van der Waals surface area contributed by atoms with Crippen molar-refractivity contribution in [3.05, 3.63) is 29.8 Å². The van der Waals surface area contributed by atoms with E-state index >= 15 is 0 Å². The standard InChI is InChI=1S/C8H8O2.C4H9N/c1-2-4-8-7(3-1)5-6-9-10-8;1-4-3-5(4)2/h1-4H,5-6H2;4H,3H2,1-2H3. The van der Waals surface area contributed by atoms with Gasteiger partial charge in [-0.25, -0.2) is 0 Å². The summed E-state index contributed by atoms with van der Waals surface area (Å²) in [6.45, 7) is 4.19. The largest absolute Gasteiger partial charge is 0.337 e. The quantitative estimate of drug-likeness (QED) is 0.479. The molecule has 0 aromatic heterocycles. The van der Waals surface area contributed by atoms with Gasteiger partial charge in [0.25, 0.3) is 0 Å². The van der Waals surface area contributed by atoms with E-state index in [1.165, 1.54) is 12.1 Å². The molecule has 2 unspecified atom stereocenters. The maximum Gasteiger partial charge on any atom is 0.168 e. The predicted octanol–water partition coefficient (Wildman–Crippen LogP) is 1.87. The number of rotatable bonds is 0. The van der Waals surface area contributed by atoms with E-state index < -0.39 is 0 Å². The molecule has 0 aliphatic carbocycles. The third-order valence-corrected chi connectivity index (χ3v) is 2.75. The van der Waals surface area contributed by atoms with Crippen LogP contribution in [0.5, 0.6) is 5.75 Å². The lowest BCUT2D eigenvalue weighted by Crippen LogP contribution is -2.10.